The summed E-state index contributed by atoms with van der Waals surface area (Å²) in [6, 6.07) is 2.76. The van der Waals surface area contributed by atoms with Gasteiger partial charge in [0.25, 0.3) is 0 Å². The lowest BCUT2D eigenvalue weighted by atomic mass is 9.95. The average molecular weight is 517 g/mol. The van der Waals surface area contributed by atoms with Gasteiger partial charge in [-0.1, -0.05) is 40.2 Å². The summed E-state index contributed by atoms with van der Waals surface area (Å²) in [6.45, 7) is 15.2. The molecule has 8 heteroatoms. The third-order valence-electron chi connectivity index (χ3n) is 7.30. The molecule has 1 aliphatic heterocycles. The molecule has 1 aromatic heterocycles. The summed E-state index contributed by atoms with van der Waals surface area (Å²) < 4.78 is 5.36. The minimum absolute atomic E-state index is 0.0728. The lowest BCUT2D eigenvalue weighted by molar-refractivity contribution is -0.140. The van der Waals surface area contributed by atoms with Gasteiger partial charge < -0.3 is 19.5 Å². The molecule has 8 nitrogen and oxygen atoms in total. The number of furan rings is 1. The second-order valence-electron chi connectivity index (χ2n) is 11.3. The molecule has 3 amide bonds. The summed E-state index contributed by atoms with van der Waals surface area (Å²) in [4.78, 5) is 45.6. The Morgan fingerprint density at radius 2 is 1.78 bits per heavy atom. The number of hydrogen-bond donors (Lipinski definition) is 1. The van der Waals surface area contributed by atoms with Crippen LogP contribution in [0.2, 0.25) is 0 Å². The van der Waals surface area contributed by atoms with E-state index < -0.39 is 6.04 Å². The summed E-state index contributed by atoms with van der Waals surface area (Å²) in [5.41, 5.74) is 0.562. The van der Waals surface area contributed by atoms with E-state index >= 15 is 0 Å². The molecule has 0 saturated carbocycles. The van der Waals surface area contributed by atoms with E-state index in [1.165, 1.54) is 0 Å². The van der Waals surface area contributed by atoms with E-state index in [1.54, 1.807) is 43.1 Å². The van der Waals surface area contributed by atoms with E-state index in [9.17, 15) is 14.4 Å². The molecule has 0 aliphatic carbocycles. The van der Waals surface area contributed by atoms with E-state index in [2.05, 4.69) is 24.1 Å². The molecule has 2 heterocycles. The molecule has 3 atom stereocenters. The Kier molecular flexibility index (Phi) is 11.4. The molecule has 0 spiro atoms. The van der Waals surface area contributed by atoms with E-state index in [0.717, 1.165) is 25.8 Å². The van der Waals surface area contributed by atoms with Gasteiger partial charge in [-0.25, -0.2) is 0 Å². The van der Waals surface area contributed by atoms with Crippen molar-refractivity contribution in [1.29, 1.82) is 0 Å². The van der Waals surface area contributed by atoms with Crippen LogP contribution in [0, 0.1) is 11.8 Å². The fourth-order valence-electron chi connectivity index (χ4n) is 5.07. The minimum atomic E-state index is -0.638. The molecule has 1 saturated heterocycles. The standard InChI is InChI=1S/C29H48N4O4/c1-19(2)25(17-22(7)28(35)31(8)18-23-13-12-16-37-23)32(9)29(36)26(20(3)4)30-27(34)24-14-10-11-15-33(24)21(5)6/h12-13,16-17,19-21,24-26H,10-11,14-15,18H2,1-9H3,(H,30,34)/b22-17+/t24-,25-,26+/m1/s1. The summed E-state index contributed by atoms with van der Waals surface area (Å²) in [7, 11) is 3.49. The summed E-state index contributed by atoms with van der Waals surface area (Å²) in [5.74, 6) is 0.369. The zero-order valence-electron chi connectivity index (χ0n) is 24.3. The van der Waals surface area contributed by atoms with Gasteiger partial charge in [0.1, 0.15) is 11.8 Å². The van der Waals surface area contributed by atoms with Gasteiger partial charge in [0.15, 0.2) is 0 Å². The average Bonchev–Trinajstić information content (AvgIpc) is 3.36. The molecule has 37 heavy (non-hydrogen) atoms. The Labute approximate surface area is 223 Å². The van der Waals surface area contributed by atoms with Crippen LogP contribution < -0.4 is 5.32 Å². The molecular weight excluding hydrogens is 468 g/mol. The van der Waals surface area contributed by atoms with Crippen molar-refractivity contribution in [2.24, 2.45) is 11.8 Å². The normalized spacial score (nSPS) is 18.7. The SMILES string of the molecule is C/C(=C\[C@H](C(C)C)N(C)C(=O)[C@@H](NC(=O)[C@H]1CCCCN1C(C)C)C(C)C)C(=O)N(C)Cc1ccco1. The highest BCUT2D eigenvalue weighted by Crippen LogP contribution is 2.22. The quantitative estimate of drug-likeness (QED) is 0.448. The van der Waals surface area contributed by atoms with Gasteiger partial charge >= 0.3 is 0 Å². The molecule has 1 aliphatic rings. The summed E-state index contributed by atoms with van der Waals surface area (Å²) in [6.07, 6.45) is 6.37. The van der Waals surface area contributed by atoms with Crippen LogP contribution in [-0.4, -0.2) is 77.2 Å². The van der Waals surface area contributed by atoms with Gasteiger partial charge in [-0.2, -0.15) is 0 Å². The number of rotatable bonds is 11. The lowest BCUT2D eigenvalue weighted by Gasteiger charge is -2.39. The Bertz CT molecular complexity index is 922. The minimum Gasteiger partial charge on any atom is -0.467 e. The number of carbonyl (C=O) groups is 3. The first-order chi connectivity index (χ1) is 17.3. The van der Waals surface area contributed by atoms with Gasteiger partial charge in [-0.05, 0) is 64.1 Å². The van der Waals surface area contributed by atoms with E-state index in [1.807, 2.05) is 39.8 Å². The van der Waals surface area contributed by atoms with E-state index in [0.29, 0.717) is 17.9 Å². The smallest absolute Gasteiger partial charge is 0.249 e. The second-order valence-corrected chi connectivity index (χ2v) is 11.3. The largest absolute Gasteiger partial charge is 0.467 e. The molecular formula is C29H48N4O4. The molecule has 0 aromatic carbocycles. The van der Waals surface area contributed by atoms with Gasteiger partial charge in [0, 0.05) is 25.7 Å². The van der Waals surface area contributed by atoms with Crippen molar-refractivity contribution >= 4 is 17.7 Å². The highest BCUT2D eigenvalue weighted by atomic mass is 16.3. The van der Waals surface area contributed by atoms with Gasteiger partial charge in [-0.15, -0.1) is 0 Å². The molecule has 1 N–H and O–H groups in total. The van der Waals surface area contributed by atoms with Crippen molar-refractivity contribution in [2.45, 2.75) is 98.4 Å². The number of nitrogens with zero attached hydrogens (tertiary/aromatic N) is 3. The number of likely N-dealkylation sites (tertiary alicyclic amines) is 1. The van der Waals surface area contributed by atoms with Crippen LogP contribution in [0.3, 0.4) is 0 Å². The first-order valence-electron chi connectivity index (χ1n) is 13.6. The Morgan fingerprint density at radius 1 is 1.11 bits per heavy atom. The molecule has 1 fully saturated rings. The van der Waals surface area contributed by atoms with Crippen molar-refractivity contribution in [1.82, 2.24) is 20.0 Å². The third-order valence-corrected chi connectivity index (χ3v) is 7.30. The zero-order chi connectivity index (χ0) is 27.9. The number of carbonyl (C=O) groups excluding carboxylic acids is 3. The fourth-order valence-corrected chi connectivity index (χ4v) is 5.07. The van der Waals surface area contributed by atoms with E-state index in [4.69, 9.17) is 4.42 Å². The first-order valence-corrected chi connectivity index (χ1v) is 13.6. The van der Waals surface area contributed by atoms with Crippen molar-refractivity contribution in [3.63, 3.8) is 0 Å². The number of likely N-dealkylation sites (N-methyl/N-ethyl adjacent to an activating group) is 2. The number of nitrogens with one attached hydrogen (secondary N) is 1. The molecule has 0 unspecified atom stereocenters. The summed E-state index contributed by atoms with van der Waals surface area (Å²) in [5, 5.41) is 3.09. The maximum Gasteiger partial charge on any atom is 0.249 e. The van der Waals surface area contributed by atoms with Crippen LogP contribution in [0.1, 0.15) is 73.5 Å². The van der Waals surface area contributed by atoms with Crippen LogP contribution >= 0.6 is 0 Å². The van der Waals surface area contributed by atoms with Gasteiger partial charge in [-0.3, -0.25) is 19.3 Å². The van der Waals surface area contributed by atoms with Crippen LogP contribution in [-0.2, 0) is 20.9 Å². The molecule has 0 bridgehead atoms. The van der Waals surface area contributed by atoms with Crippen LogP contribution in [0.4, 0.5) is 0 Å². The van der Waals surface area contributed by atoms with Crippen molar-refractivity contribution < 1.29 is 18.8 Å². The monoisotopic (exact) mass is 516 g/mol. The predicted molar refractivity (Wildman–Crippen MR) is 147 cm³/mol. The highest BCUT2D eigenvalue weighted by Gasteiger charge is 2.36. The molecule has 208 valence electrons. The topological polar surface area (TPSA) is 86.1 Å². The van der Waals surface area contributed by atoms with Gasteiger partial charge in [0.2, 0.25) is 17.7 Å². The predicted octanol–water partition coefficient (Wildman–Crippen LogP) is 4.07. The maximum absolute atomic E-state index is 13.7. The van der Waals surface area contributed by atoms with Gasteiger partial charge in [0.05, 0.1) is 24.9 Å². The van der Waals surface area contributed by atoms with Crippen molar-refractivity contribution in [3.8, 4) is 0 Å². The number of hydrogen-bond acceptors (Lipinski definition) is 5. The number of amides is 3. The maximum atomic E-state index is 13.7. The molecule has 0 radical (unpaired) electrons. The van der Waals surface area contributed by atoms with Crippen LogP contribution in [0.25, 0.3) is 0 Å². The van der Waals surface area contributed by atoms with Crippen LogP contribution in [0.15, 0.2) is 34.5 Å². The third kappa shape index (κ3) is 8.19. The Hall–Kier alpha value is -2.61. The van der Waals surface area contributed by atoms with Crippen LogP contribution in [0.5, 0.6) is 0 Å². The summed E-state index contributed by atoms with van der Waals surface area (Å²) >= 11 is 0. The Morgan fingerprint density at radius 3 is 2.32 bits per heavy atom. The van der Waals surface area contributed by atoms with E-state index in [-0.39, 0.29) is 47.7 Å². The Balaban J connectivity index is 2.17. The fraction of sp³-hybridized carbons (Fsp3) is 0.690. The highest BCUT2D eigenvalue weighted by molar-refractivity contribution is 5.93. The second kappa shape index (κ2) is 13.8. The molecule has 2 rings (SSSR count). The lowest BCUT2D eigenvalue weighted by Crippen LogP contribution is -2.58. The molecule has 1 aromatic rings. The van der Waals surface area contributed by atoms with Crippen molar-refractivity contribution in [2.75, 3.05) is 20.6 Å². The zero-order valence-corrected chi connectivity index (χ0v) is 24.3. The first kappa shape index (κ1) is 30.6. The number of piperidine rings is 1. The van der Waals surface area contributed by atoms with Crippen molar-refractivity contribution in [3.05, 3.63) is 35.8 Å².